The number of nitrogens with one attached hydrogen (secondary N) is 1. The Hall–Kier alpha value is -1.10. The molecule has 0 aromatic rings. The monoisotopic (exact) mass is 228 g/mol. The van der Waals surface area contributed by atoms with Crippen molar-refractivity contribution in [3.63, 3.8) is 0 Å². The zero-order valence-electron chi connectivity index (χ0n) is 10.2. The van der Waals surface area contributed by atoms with Crippen LogP contribution in [0.25, 0.3) is 0 Å². The largest absolute Gasteiger partial charge is 0.379 e. The van der Waals surface area contributed by atoms with E-state index in [9.17, 15) is 9.59 Å². The van der Waals surface area contributed by atoms with E-state index >= 15 is 0 Å². The van der Waals surface area contributed by atoms with Gasteiger partial charge in [-0.15, -0.1) is 0 Å². The highest BCUT2D eigenvalue weighted by Crippen LogP contribution is 2.08. The van der Waals surface area contributed by atoms with E-state index in [0.717, 1.165) is 25.9 Å². The molecular weight excluding hydrogens is 208 g/mol. The summed E-state index contributed by atoms with van der Waals surface area (Å²) >= 11 is 0. The Bertz CT molecular complexity index is 262. The summed E-state index contributed by atoms with van der Waals surface area (Å²) in [5.74, 6) is -0.0816. The van der Waals surface area contributed by atoms with Gasteiger partial charge in [0.05, 0.1) is 6.10 Å². The Morgan fingerprint density at radius 1 is 1.31 bits per heavy atom. The van der Waals surface area contributed by atoms with E-state index in [1.54, 1.807) is 11.8 Å². The summed E-state index contributed by atoms with van der Waals surface area (Å²) in [4.78, 5) is 24.9. The van der Waals surface area contributed by atoms with Crippen LogP contribution in [0.15, 0.2) is 0 Å². The molecular formula is C11H20N2O3. The molecule has 2 atom stereocenters. The number of nitrogens with zero attached hydrogens (tertiary/aromatic N) is 1. The number of amides is 2. The molecule has 92 valence electrons. The fourth-order valence-electron chi connectivity index (χ4n) is 1.83. The number of Topliss-reactive ketones (excluding diaryl/α,β-unsaturated/α-hetero) is 1. The van der Waals surface area contributed by atoms with Crippen molar-refractivity contribution in [2.45, 2.75) is 38.8 Å². The maximum absolute atomic E-state index is 11.8. The van der Waals surface area contributed by atoms with Crippen molar-refractivity contribution in [1.29, 1.82) is 0 Å². The van der Waals surface area contributed by atoms with Crippen LogP contribution in [0.5, 0.6) is 0 Å². The predicted molar refractivity (Wildman–Crippen MR) is 60.3 cm³/mol. The standard InChI is InChI=1S/C11H20N2O3/c1-8(14)10(9(2)16-3)12-11(15)13-6-4-5-7-13/h9-10H,4-7H2,1-3H3,(H,12,15)/t9-,10-/m1/s1. The van der Waals surface area contributed by atoms with E-state index in [0.29, 0.717) is 0 Å². The summed E-state index contributed by atoms with van der Waals surface area (Å²) in [5, 5.41) is 2.72. The lowest BCUT2D eigenvalue weighted by Gasteiger charge is -2.24. The molecule has 16 heavy (non-hydrogen) atoms. The Labute approximate surface area is 96.1 Å². The van der Waals surface area contributed by atoms with Gasteiger partial charge in [0, 0.05) is 20.2 Å². The highest BCUT2D eigenvalue weighted by molar-refractivity contribution is 5.87. The lowest BCUT2D eigenvalue weighted by atomic mass is 10.1. The minimum absolute atomic E-state index is 0.0816. The zero-order valence-corrected chi connectivity index (χ0v) is 10.2. The van der Waals surface area contributed by atoms with E-state index < -0.39 is 6.04 Å². The zero-order chi connectivity index (χ0) is 12.1. The maximum Gasteiger partial charge on any atom is 0.318 e. The summed E-state index contributed by atoms with van der Waals surface area (Å²) < 4.78 is 5.08. The molecule has 1 aliphatic rings. The second-order valence-electron chi connectivity index (χ2n) is 4.17. The average Bonchev–Trinajstić information content (AvgIpc) is 2.77. The van der Waals surface area contributed by atoms with Gasteiger partial charge in [-0.1, -0.05) is 0 Å². The van der Waals surface area contributed by atoms with Crippen LogP contribution in [0.1, 0.15) is 26.7 Å². The van der Waals surface area contributed by atoms with Crippen LogP contribution in [0.2, 0.25) is 0 Å². The van der Waals surface area contributed by atoms with Crippen molar-refractivity contribution in [3.05, 3.63) is 0 Å². The van der Waals surface area contributed by atoms with Crippen molar-refractivity contribution >= 4 is 11.8 Å². The first kappa shape index (κ1) is 13.0. The number of urea groups is 1. The number of methoxy groups -OCH3 is 1. The molecule has 0 radical (unpaired) electrons. The molecule has 2 amide bonds. The predicted octanol–water partition coefficient (Wildman–Crippen LogP) is 0.784. The second kappa shape index (κ2) is 5.84. The number of ether oxygens (including phenoxy) is 1. The summed E-state index contributed by atoms with van der Waals surface area (Å²) in [6.07, 6.45) is 1.78. The fraction of sp³-hybridized carbons (Fsp3) is 0.818. The summed E-state index contributed by atoms with van der Waals surface area (Å²) in [5.41, 5.74) is 0. The third-order valence-corrected chi connectivity index (χ3v) is 2.95. The van der Waals surface area contributed by atoms with Gasteiger partial charge in [0.25, 0.3) is 0 Å². The lowest BCUT2D eigenvalue weighted by molar-refractivity contribution is -0.121. The van der Waals surface area contributed by atoms with Crippen LogP contribution in [0, 0.1) is 0 Å². The van der Waals surface area contributed by atoms with Gasteiger partial charge in [-0.25, -0.2) is 4.79 Å². The van der Waals surface area contributed by atoms with Crippen molar-refractivity contribution in [2.24, 2.45) is 0 Å². The Kier molecular flexibility index (Phi) is 4.73. The molecule has 0 bridgehead atoms. The van der Waals surface area contributed by atoms with Gasteiger partial charge in [-0.2, -0.15) is 0 Å². The van der Waals surface area contributed by atoms with Crippen LogP contribution in [-0.2, 0) is 9.53 Å². The molecule has 0 aromatic heterocycles. The fourth-order valence-corrected chi connectivity index (χ4v) is 1.83. The number of ketones is 1. The highest BCUT2D eigenvalue weighted by Gasteiger charge is 2.26. The Morgan fingerprint density at radius 2 is 1.88 bits per heavy atom. The van der Waals surface area contributed by atoms with Gasteiger partial charge in [-0.3, -0.25) is 4.79 Å². The molecule has 0 aromatic carbocycles. The first-order valence-corrected chi connectivity index (χ1v) is 5.65. The molecule has 1 fully saturated rings. The van der Waals surface area contributed by atoms with Crippen molar-refractivity contribution in [3.8, 4) is 0 Å². The molecule has 0 saturated carbocycles. The minimum atomic E-state index is -0.557. The first-order valence-electron chi connectivity index (χ1n) is 5.65. The van der Waals surface area contributed by atoms with E-state index in [-0.39, 0.29) is 17.9 Å². The van der Waals surface area contributed by atoms with Crippen LogP contribution < -0.4 is 5.32 Å². The molecule has 1 saturated heterocycles. The van der Waals surface area contributed by atoms with E-state index in [4.69, 9.17) is 4.74 Å². The van der Waals surface area contributed by atoms with Gasteiger partial charge in [0.1, 0.15) is 6.04 Å². The average molecular weight is 228 g/mol. The third-order valence-electron chi connectivity index (χ3n) is 2.95. The number of hydrogen-bond donors (Lipinski definition) is 1. The number of hydrogen-bond acceptors (Lipinski definition) is 3. The summed E-state index contributed by atoms with van der Waals surface area (Å²) in [6.45, 7) is 4.79. The number of carbonyl (C=O) groups excluding carboxylic acids is 2. The quantitative estimate of drug-likeness (QED) is 0.773. The van der Waals surface area contributed by atoms with Crippen molar-refractivity contribution in [1.82, 2.24) is 10.2 Å². The van der Waals surface area contributed by atoms with E-state index in [1.165, 1.54) is 14.0 Å². The first-order chi connectivity index (χ1) is 7.56. The van der Waals surface area contributed by atoms with Gasteiger partial charge in [0.2, 0.25) is 0 Å². The number of rotatable bonds is 4. The molecule has 1 aliphatic heterocycles. The highest BCUT2D eigenvalue weighted by atomic mass is 16.5. The molecule has 1 N–H and O–H groups in total. The molecule has 5 heteroatoms. The number of carbonyl (C=O) groups is 2. The topological polar surface area (TPSA) is 58.6 Å². The van der Waals surface area contributed by atoms with Crippen LogP contribution in [0.4, 0.5) is 4.79 Å². The molecule has 0 spiro atoms. The smallest absolute Gasteiger partial charge is 0.318 e. The second-order valence-corrected chi connectivity index (χ2v) is 4.17. The molecule has 1 heterocycles. The molecule has 0 unspecified atom stereocenters. The Morgan fingerprint density at radius 3 is 2.31 bits per heavy atom. The van der Waals surface area contributed by atoms with Gasteiger partial charge < -0.3 is 15.0 Å². The molecule has 0 aliphatic carbocycles. The van der Waals surface area contributed by atoms with Crippen LogP contribution in [-0.4, -0.2) is 49.1 Å². The van der Waals surface area contributed by atoms with E-state index in [1.807, 2.05) is 0 Å². The van der Waals surface area contributed by atoms with Gasteiger partial charge >= 0.3 is 6.03 Å². The van der Waals surface area contributed by atoms with Crippen molar-refractivity contribution in [2.75, 3.05) is 20.2 Å². The van der Waals surface area contributed by atoms with Crippen LogP contribution >= 0.6 is 0 Å². The summed E-state index contributed by atoms with van der Waals surface area (Å²) in [7, 11) is 1.53. The molecule has 5 nitrogen and oxygen atoms in total. The number of likely N-dealkylation sites (tertiary alicyclic amines) is 1. The summed E-state index contributed by atoms with van der Waals surface area (Å²) in [6, 6.07) is -0.722. The lowest BCUT2D eigenvalue weighted by Crippen LogP contribution is -2.51. The molecule has 1 rings (SSSR count). The Balaban J connectivity index is 2.53. The minimum Gasteiger partial charge on any atom is -0.379 e. The van der Waals surface area contributed by atoms with Crippen LogP contribution in [0.3, 0.4) is 0 Å². The van der Waals surface area contributed by atoms with Crippen molar-refractivity contribution < 1.29 is 14.3 Å². The van der Waals surface area contributed by atoms with E-state index in [2.05, 4.69) is 5.32 Å². The SMILES string of the molecule is CO[C@H](C)[C@H](NC(=O)N1CCCC1)C(C)=O. The normalized spacial score (nSPS) is 19.3. The van der Waals surface area contributed by atoms with Gasteiger partial charge in [-0.05, 0) is 26.7 Å². The third kappa shape index (κ3) is 3.20. The maximum atomic E-state index is 11.8. The van der Waals surface area contributed by atoms with Gasteiger partial charge in [0.15, 0.2) is 5.78 Å².